The normalized spacial score (nSPS) is 27.0. The van der Waals surface area contributed by atoms with Crippen molar-refractivity contribution in [1.29, 1.82) is 0 Å². The summed E-state index contributed by atoms with van der Waals surface area (Å²) in [7, 11) is -2.25. The summed E-state index contributed by atoms with van der Waals surface area (Å²) in [4.78, 5) is 103. The predicted octanol–water partition coefficient (Wildman–Crippen LogP) is -7.25. The van der Waals surface area contributed by atoms with Gasteiger partial charge in [0.15, 0.2) is 18.9 Å². The molecule has 0 spiro atoms. The van der Waals surface area contributed by atoms with E-state index < -0.39 is 196 Å². The molecule has 18 unspecified atom stereocenters. The second kappa shape index (κ2) is 43.7. The number of aliphatic hydroxyl groups is 9. The van der Waals surface area contributed by atoms with Gasteiger partial charge in [-0.3, -0.25) is 38.4 Å². The van der Waals surface area contributed by atoms with Gasteiger partial charge in [0.1, 0.15) is 103 Å². The molecule has 3 fully saturated rings. The third-order valence-electron chi connectivity index (χ3n) is 14.7. The number of carbonyl (C=O) groups is 8. The molecule has 95 heavy (non-hydrogen) atoms. The first-order chi connectivity index (χ1) is 44.8. The summed E-state index contributed by atoms with van der Waals surface area (Å²) in [5.74, 6) is -5.09. The Bertz CT molecular complexity index is 2400. The first-order valence-corrected chi connectivity index (χ1v) is 33.3. The molecule has 548 valence electrons. The van der Waals surface area contributed by atoms with Gasteiger partial charge >= 0.3 is 7.23 Å². The number of hydrogen-bond acceptors (Lipinski definition) is 29. The van der Waals surface area contributed by atoms with E-state index in [1.54, 1.807) is 27.7 Å². The molecule has 3 aliphatic heterocycles. The van der Waals surface area contributed by atoms with E-state index in [1.807, 2.05) is 0 Å². The molecule has 37 nitrogen and oxygen atoms in total. The van der Waals surface area contributed by atoms with Crippen molar-refractivity contribution in [1.82, 2.24) is 42.5 Å². The van der Waals surface area contributed by atoms with Gasteiger partial charge in [0.2, 0.25) is 47.3 Å². The van der Waals surface area contributed by atoms with Crippen molar-refractivity contribution in [3.63, 3.8) is 0 Å². The van der Waals surface area contributed by atoms with Crippen molar-refractivity contribution in [3.05, 3.63) is 0 Å². The van der Waals surface area contributed by atoms with Crippen LogP contribution >= 0.6 is 19.5 Å². The van der Waals surface area contributed by atoms with E-state index in [0.717, 1.165) is 0 Å². The lowest BCUT2D eigenvalue weighted by Crippen LogP contribution is -2.64. The topological polar surface area (TPSA) is 533 Å². The number of hydrogen-bond donors (Lipinski definition) is 18. The Morgan fingerprint density at radius 1 is 0.474 bits per heavy atom. The summed E-state index contributed by atoms with van der Waals surface area (Å²) in [6.07, 6.45) is -18.1. The molecule has 0 saturated carbocycles. The lowest BCUT2D eigenvalue weighted by atomic mass is 9.97. The van der Waals surface area contributed by atoms with Gasteiger partial charge in [0.25, 0.3) is 0 Å². The lowest BCUT2D eigenvalue weighted by Gasteiger charge is -2.42. The van der Waals surface area contributed by atoms with Gasteiger partial charge in [0.05, 0.1) is 91.5 Å². The van der Waals surface area contributed by atoms with Crippen molar-refractivity contribution < 1.29 is 141 Å². The van der Waals surface area contributed by atoms with Crippen LogP contribution in [-0.2, 0) is 94.8 Å². The minimum atomic E-state index is -2.25. The highest BCUT2D eigenvalue weighted by molar-refractivity contribution is 8.39. The fourth-order valence-electron chi connectivity index (χ4n) is 9.62. The van der Waals surface area contributed by atoms with Gasteiger partial charge in [-0.1, -0.05) is 0 Å². The van der Waals surface area contributed by atoms with Crippen molar-refractivity contribution in [2.24, 2.45) is 0 Å². The molecule has 3 aliphatic rings. The third kappa shape index (κ3) is 31.4. The zero-order valence-corrected chi connectivity index (χ0v) is 56.2. The zero-order valence-electron chi connectivity index (χ0n) is 54.5. The quantitative estimate of drug-likeness (QED) is 0.0153. The maximum absolute atomic E-state index is 13.8. The van der Waals surface area contributed by atoms with E-state index in [0.29, 0.717) is 0 Å². The first-order valence-electron chi connectivity index (χ1n) is 31.0. The van der Waals surface area contributed by atoms with Crippen LogP contribution in [0.3, 0.4) is 0 Å². The Morgan fingerprint density at radius 3 is 1.15 bits per heavy atom. The highest BCUT2D eigenvalue weighted by Gasteiger charge is 2.48. The van der Waals surface area contributed by atoms with Crippen LogP contribution in [0.4, 0.5) is 0 Å². The molecule has 17 N–H and O–H groups in total. The van der Waals surface area contributed by atoms with Crippen LogP contribution in [0.15, 0.2) is 0 Å². The van der Waals surface area contributed by atoms with Gasteiger partial charge in [-0.25, -0.2) is 0 Å². The van der Waals surface area contributed by atoms with E-state index in [-0.39, 0.29) is 118 Å². The molecule has 0 aliphatic carbocycles. The fraction of sp³-hybridized carbons (Fsp3) is 0.857. The SMILES string of the molecule is CC(=O)NC1C(OCCOCCNC(=O)CCC(NC(=O)CCC(NC(=O)CCC(C)(C)OCC(C)(C)O[P+](=O)S)C(=O)NCCOCCOC2OC(CO)C(O)C(O)C2NC(C)=O)C(=O)NCCOCCOC2OC(CO)C(O)C(O)C2NC(C)=O)OC(CO)C(O)C1O. The summed E-state index contributed by atoms with van der Waals surface area (Å²) in [5.41, 5.74) is -1.93. The zero-order chi connectivity index (χ0) is 71.0. The van der Waals surface area contributed by atoms with E-state index in [1.165, 1.54) is 20.8 Å². The molecule has 39 heteroatoms. The number of carbonyl (C=O) groups excluding carboxylic acids is 8. The molecule has 0 aromatic heterocycles. The summed E-state index contributed by atoms with van der Waals surface area (Å²) in [5, 5.41) is 112. The van der Waals surface area contributed by atoms with Crippen LogP contribution in [0.2, 0.25) is 0 Å². The number of nitrogens with one attached hydrogen (secondary N) is 8. The van der Waals surface area contributed by atoms with Crippen LogP contribution in [0.25, 0.3) is 0 Å². The number of rotatable bonds is 45. The minimum absolute atomic E-state index is 0.0219. The monoisotopic (exact) mass is 1410 g/mol. The largest absolute Gasteiger partial charge is 0.582 e. The highest BCUT2D eigenvalue weighted by atomic mass is 32.7. The number of ether oxygens (including phenoxy) is 10. The van der Waals surface area contributed by atoms with Crippen molar-refractivity contribution in [2.75, 3.05) is 106 Å². The average molecular weight is 1410 g/mol. The van der Waals surface area contributed by atoms with Crippen LogP contribution in [0.5, 0.6) is 0 Å². The van der Waals surface area contributed by atoms with Crippen molar-refractivity contribution in [3.8, 4) is 0 Å². The second-order valence-corrected chi connectivity index (χ2v) is 25.3. The highest BCUT2D eigenvalue weighted by Crippen LogP contribution is 2.35. The number of amides is 8. The first kappa shape index (κ1) is 84.6. The Morgan fingerprint density at radius 2 is 0.811 bits per heavy atom. The van der Waals surface area contributed by atoms with E-state index in [9.17, 15) is 88.9 Å². The Labute approximate surface area is 556 Å². The van der Waals surface area contributed by atoms with Crippen LogP contribution in [0.1, 0.15) is 87.0 Å². The summed E-state index contributed by atoms with van der Waals surface area (Å²) < 4.78 is 73.1. The average Bonchev–Trinajstić information content (AvgIpc) is 0.842. The predicted molar refractivity (Wildman–Crippen MR) is 329 cm³/mol. The van der Waals surface area contributed by atoms with Gasteiger partial charge in [-0.2, -0.15) is 0 Å². The third-order valence-corrected chi connectivity index (χ3v) is 15.6. The van der Waals surface area contributed by atoms with Crippen LogP contribution in [0, 0.1) is 0 Å². The van der Waals surface area contributed by atoms with Gasteiger partial charge in [-0.05, 0) is 51.5 Å². The maximum Gasteiger partial charge on any atom is 0.582 e. The Kier molecular flexibility index (Phi) is 39.0. The molecular formula is C56H100N8O29PS+. The molecular weight excluding hydrogens is 1310 g/mol. The summed E-state index contributed by atoms with van der Waals surface area (Å²) in [6.45, 7) is 6.90. The molecule has 18 atom stereocenters. The Hall–Kier alpha value is -4.59. The Balaban J connectivity index is 1.67. The van der Waals surface area contributed by atoms with Crippen LogP contribution in [-0.4, -0.2) is 314 Å². The molecule has 3 rings (SSSR count). The maximum atomic E-state index is 13.8. The van der Waals surface area contributed by atoms with E-state index in [2.05, 4.69) is 54.8 Å². The van der Waals surface area contributed by atoms with Crippen molar-refractivity contribution in [2.45, 2.75) is 202 Å². The smallest absolute Gasteiger partial charge is 0.394 e. The standard InChI is InChI=1S/C56H99N8O29PS/c1-30(68)60-41-47(77)44(74)35(26-65)90-52(41)86-23-20-83-17-14-57-38(71)10-8-33(50(80)58-15-18-84-21-24-87-53-42(61-31(2)69)48(78)45(75)36(27-66)91-53)63-39(72)11-9-34(64-40(73)12-13-55(4,5)89-29-56(6,7)93-94(82)95)51(81)59-16-19-85-22-25-88-54-43(62-32(3)70)49(79)46(76)37(28-67)92-54/h33-37,41-49,52-54,65-67,74-79H,8-29H2,1-7H3,(H8-,57,58,59,60,61,62,63,64,68,69,70,71,72,73,80,81,82,95)/p+1. The molecule has 0 aromatic carbocycles. The van der Waals surface area contributed by atoms with Gasteiger partial charge in [-0.15, -0.1) is 4.52 Å². The lowest BCUT2D eigenvalue weighted by molar-refractivity contribution is -0.272. The van der Waals surface area contributed by atoms with Gasteiger partial charge in [0, 0.05) is 59.7 Å². The number of aliphatic hydroxyl groups excluding tert-OH is 9. The van der Waals surface area contributed by atoms with E-state index >= 15 is 0 Å². The van der Waals surface area contributed by atoms with Crippen molar-refractivity contribution >= 4 is 66.7 Å². The molecule has 0 radical (unpaired) electrons. The molecule has 8 amide bonds. The van der Waals surface area contributed by atoms with E-state index in [4.69, 9.17) is 51.9 Å². The summed E-state index contributed by atoms with van der Waals surface area (Å²) in [6, 6.07) is -6.28. The van der Waals surface area contributed by atoms with Gasteiger partial charge < -0.3 is 136 Å². The minimum Gasteiger partial charge on any atom is -0.394 e. The fourth-order valence-corrected chi connectivity index (χ4v) is 10.8. The summed E-state index contributed by atoms with van der Waals surface area (Å²) >= 11 is 3.80. The molecule has 0 bridgehead atoms. The molecule has 3 heterocycles. The number of thiol groups is 1. The molecule has 3 saturated heterocycles. The molecule has 0 aromatic rings. The second-order valence-electron chi connectivity index (χ2n) is 23.6. The van der Waals surface area contributed by atoms with Crippen LogP contribution < -0.4 is 42.5 Å².